The second kappa shape index (κ2) is 9.36. The molecule has 0 bridgehead atoms. The normalized spacial score (nSPS) is 12.6. The van der Waals surface area contributed by atoms with E-state index in [1.165, 1.54) is 5.56 Å². The third-order valence-corrected chi connectivity index (χ3v) is 3.84. The van der Waals surface area contributed by atoms with Crippen molar-refractivity contribution in [2.75, 3.05) is 6.54 Å². The summed E-state index contributed by atoms with van der Waals surface area (Å²) in [5, 5.41) is 6.85. The molecule has 6 heteroatoms. The fourth-order valence-corrected chi connectivity index (χ4v) is 2.52. The Kier molecular flexibility index (Phi) is 7.18. The van der Waals surface area contributed by atoms with E-state index in [9.17, 15) is 4.79 Å². The van der Waals surface area contributed by atoms with E-state index in [1.54, 1.807) is 0 Å². The number of ether oxygens (including phenoxy) is 1. The number of hydrogen-bond acceptors (Lipinski definition) is 5. The van der Waals surface area contributed by atoms with Crippen molar-refractivity contribution in [3.63, 3.8) is 0 Å². The molecule has 0 radical (unpaired) electrons. The molecule has 1 heterocycles. The Balaban J connectivity index is 1.67. The van der Waals surface area contributed by atoms with E-state index in [-0.39, 0.29) is 12.0 Å². The molecule has 0 spiro atoms. The van der Waals surface area contributed by atoms with Crippen molar-refractivity contribution in [1.29, 1.82) is 0 Å². The van der Waals surface area contributed by atoms with Crippen molar-refractivity contribution in [3.8, 4) is 0 Å². The van der Waals surface area contributed by atoms with Crippen LogP contribution >= 0.6 is 0 Å². The molecule has 0 aliphatic carbocycles. The van der Waals surface area contributed by atoms with Crippen molar-refractivity contribution in [2.45, 2.75) is 64.9 Å². The number of aromatic nitrogens is 2. The van der Waals surface area contributed by atoms with Gasteiger partial charge in [-0.15, -0.1) is 0 Å². The van der Waals surface area contributed by atoms with Gasteiger partial charge in [0, 0.05) is 18.9 Å². The lowest BCUT2D eigenvalue weighted by molar-refractivity contribution is 0.0527. The van der Waals surface area contributed by atoms with Crippen LogP contribution in [0.1, 0.15) is 70.2 Å². The third kappa shape index (κ3) is 7.25. The van der Waals surface area contributed by atoms with E-state index in [0.29, 0.717) is 24.7 Å². The summed E-state index contributed by atoms with van der Waals surface area (Å²) in [6.07, 6.45) is 3.09. The van der Waals surface area contributed by atoms with Gasteiger partial charge in [0.2, 0.25) is 5.89 Å². The highest BCUT2D eigenvalue weighted by atomic mass is 16.6. The number of nitrogens with one attached hydrogen (secondary N) is 1. The van der Waals surface area contributed by atoms with E-state index < -0.39 is 5.60 Å². The predicted octanol–water partition coefficient (Wildman–Crippen LogP) is 4.46. The van der Waals surface area contributed by atoms with Gasteiger partial charge in [-0.05, 0) is 39.2 Å². The first-order valence-corrected chi connectivity index (χ1v) is 9.17. The molecule has 1 amide bonds. The first-order valence-electron chi connectivity index (χ1n) is 9.17. The number of carbonyl (C=O) groups excluding carboxylic acids is 1. The largest absolute Gasteiger partial charge is 0.444 e. The number of unbranched alkanes of at least 4 members (excludes halogenated alkanes) is 1. The van der Waals surface area contributed by atoms with Gasteiger partial charge in [0.15, 0.2) is 5.82 Å². The summed E-state index contributed by atoms with van der Waals surface area (Å²) in [6.45, 7) is 8.24. The van der Waals surface area contributed by atoms with Crippen LogP contribution in [-0.4, -0.2) is 28.4 Å². The Bertz CT molecular complexity index is 677. The van der Waals surface area contributed by atoms with Crippen LogP contribution in [0.3, 0.4) is 0 Å². The minimum atomic E-state index is -0.464. The fraction of sp³-hybridized carbons (Fsp3) is 0.550. The van der Waals surface area contributed by atoms with Crippen LogP contribution < -0.4 is 5.32 Å². The number of hydrogen-bond donors (Lipinski definition) is 1. The summed E-state index contributed by atoms with van der Waals surface area (Å²) in [6, 6.07) is 10.1. The van der Waals surface area contributed by atoms with Gasteiger partial charge in [-0.1, -0.05) is 48.8 Å². The van der Waals surface area contributed by atoms with E-state index >= 15 is 0 Å². The van der Waals surface area contributed by atoms with E-state index in [4.69, 9.17) is 9.26 Å². The molecular formula is C20H29N3O3. The number of amides is 1. The molecule has 0 saturated heterocycles. The zero-order valence-electron chi connectivity index (χ0n) is 16.1. The Morgan fingerprint density at radius 2 is 1.96 bits per heavy atom. The number of alkyl carbamates (subject to hydrolysis) is 1. The highest BCUT2D eigenvalue weighted by molar-refractivity contribution is 5.67. The first-order chi connectivity index (χ1) is 12.3. The lowest BCUT2D eigenvalue weighted by atomic mass is 10.0. The minimum absolute atomic E-state index is 0.202. The van der Waals surface area contributed by atoms with Gasteiger partial charge in [-0.25, -0.2) is 4.79 Å². The highest BCUT2D eigenvalue weighted by Gasteiger charge is 2.16. The standard InChI is InChI=1S/C20H29N3O3/c1-15(10-8-9-13-21-19(24)25-20(2,3)4)18-22-17(23-26-18)14-16-11-6-5-7-12-16/h5-7,11-12,15H,8-10,13-14H2,1-4H3,(H,21,24)/t15-/m0/s1. The molecule has 6 nitrogen and oxygen atoms in total. The topological polar surface area (TPSA) is 77.2 Å². The van der Waals surface area contributed by atoms with Gasteiger partial charge < -0.3 is 14.6 Å². The number of benzene rings is 1. The lowest BCUT2D eigenvalue weighted by Gasteiger charge is -2.19. The molecule has 0 fully saturated rings. The fourth-order valence-electron chi connectivity index (χ4n) is 2.52. The summed E-state index contributed by atoms with van der Waals surface area (Å²) in [5.41, 5.74) is 0.703. The Labute approximate surface area is 155 Å². The average Bonchev–Trinajstić information content (AvgIpc) is 3.02. The van der Waals surface area contributed by atoms with E-state index in [2.05, 4.69) is 34.5 Å². The average molecular weight is 359 g/mol. The van der Waals surface area contributed by atoms with Crippen molar-refractivity contribution in [2.24, 2.45) is 0 Å². The van der Waals surface area contributed by atoms with Crippen molar-refractivity contribution < 1.29 is 14.1 Å². The number of nitrogens with zero attached hydrogens (tertiary/aromatic N) is 2. The van der Waals surface area contributed by atoms with Crippen LogP contribution in [-0.2, 0) is 11.2 Å². The van der Waals surface area contributed by atoms with Gasteiger partial charge >= 0.3 is 6.09 Å². The molecule has 142 valence electrons. The maximum Gasteiger partial charge on any atom is 0.407 e. The van der Waals surface area contributed by atoms with Crippen molar-refractivity contribution in [3.05, 3.63) is 47.6 Å². The number of carbonyl (C=O) groups is 1. The Hall–Kier alpha value is -2.37. The number of rotatable bonds is 8. The smallest absolute Gasteiger partial charge is 0.407 e. The quantitative estimate of drug-likeness (QED) is 0.704. The van der Waals surface area contributed by atoms with Crippen LogP contribution in [0.4, 0.5) is 4.79 Å². The molecule has 0 aliphatic heterocycles. The molecule has 2 rings (SSSR count). The molecule has 0 saturated carbocycles. The van der Waals surface area contributed by atoms with Crippen LogP contribution in [0.15, 0.2) is 34.9 Å². The summed E-state index contributed by atoms with van der Waals surface area (Å²) in [4.78, 5) is 16.1. The molecule has 0 aliphatic rings. The molecule has 1 N–H and O–H groups in total. The molecular weight excluding hydrogens is 330 g/mol. The van der Waals surface area contributed by atoms with Crippen molar-refractivity contribution in [1.82, 2.24) is 15.5 Å². The Morgan fingerprint density at radius 3 is 2.65 bits per heavy atom. The second-order valence-corrected chi connectivity index (χ2v) is 7.54. The van der Waals surface area contributed by atoms with Crippen molar-refractivity contribution >= 4 is 6.09 Å². The molecule has 1 atom stereocenters. The first kappa shape index (κ1) is 19.9. The SMILES string of the molecule is C[C@@H](CCCCNC(=O)OC(C)(C)C)c1nc(Cc2ccccc2)no1. The molecule has 1 aromatic carbocycles. The maximum absolute atomic E-state index is 11.6. The van der Waals surface area contributed by atoms with E-state index in [1.807, 2.05) is 39.0 Å². The molecule has 1 aromatic heterocycles. The third-order valence-electron chi connectivity index (χ3n) is 3.84. The van der Waals surface area contributed by atoms with Gasteiger partial charge in [-0.3, -0.25) is 0 Å². The predicted molar refractivity (Wildman–Crippen MR) is 100 cm³/mol. The van der Waals surface area contributed by atoms with Crippen LogP contribution in [0.25, 0.3) is 0 Å². The molecule has 2 aromatic rings. The van der Waals surface area contributed by atoms with E-state index in [0.717, 1.165) is 19.3 Å². The highest BCUT2D eigenvalue weighted by Crippen LogP contribution is 2.20. The zero-order chi connectivity index (χ0) is 19.0. The van der Waals surface area contributed by atoms with Gasteiger partial charge in [-0.2, -0.15) is 4.98 Å². The molecule has 0 unspecified atom stereocenters. The summed E-state index contributed by atoms with van der Waals surface area (Å²) in [7, 11) is 0. The van der Waals surface area contributed by atoms with Gasteiger partial charge in [0.05, 0.1) is 0 Å². The lowest BCUT2D eigenvalue weighted by Crippen LogP contribution is -2.33. The molecule has 26 heavy (non-hydrogen) atoms. The zero-order valence-corrected chi connectivity index (χ0v) is 16.1. The minimum Gasteiger partial charge on any atom is -0.444 e. The van der Waals surface area contributed by atoms with Gasteiger partial charge in [0.1, 0.15) is 5.60 Å². The van der Waals surface area contributed by atoms with Crippen LogP contribution in [0.5, 0.6) is 0 Å². The second-order valence-electron chi connectivity index (χ2n) is 7.54. The summed E-state index contributed by atoms with van der Waals surface area (Å²) in [5.74, 6) is 1.59. The monoisotopic (exact) mass is 359 g/mol. The maximum atomic E-state index is 11.6. The summed E-state index contributed by atoms with van der Waals surface area (Å²) >= 11 is 0. The summed E-state index contributed by atoms with van der Waals surface area (Å²) < 4.78 is 10.6. The van der Waals surface area contributed by atoms with Gasteiger partial charge in [0.25, 0.3) is 0 Å². The van der Waals surface area contributed by atoms with Crippen LogP contribution in [0, 0.1) is 0 Å². The van der Waals surface area contributed by atoms with Crippen LogP contribution in [0.2, 0.25) is 0 Å². The Morgan fingerprint density at radius 1 is 1.23 bits per heavy atom.